The number of nitrogens with zero attached hydrogens (tertiary/aromatic N) is 2. The van der Waals surface area contributed by atoms with Gasteiger partial charge in [-0.1, -0.05) is 34.6 Å². The molecule has 0 spiro atoms. The van der Waals surface area contributed by atoms with Crippen molar-refractivity contribution in [1.29, 1.82) is 0 Å². The quantitative estimate of drug-likeness (QED) is 0.773. The average Bonchev–Trinajstić information content (AvgIpc) is 2.63. The summed E-state index contributed by atoms with van der Waals surface area (Å²) in [6, 6.07) is 0. The first kappa shape index (κ1) is 18.7. The van der Waals surface area contributed by atoms with Gasteiger partial charge in [0.05, 0.1) is 22.0 Å². The number of rotatable bonds is 7. The molecule has 2 atom stereocenters. The first-order valence-electron chi connectivity index (χ1n) is 8.10. The Morgan fingerprint density at radius 1 is 1.29 bits per heavy atom. The highest BCUT2D eigenvalue weighted by Crippen LogP contribution is 2.29. The van der Waals surface area contributed by atoms with E-state index in [9.17, 15) is 5.11 Å². The summed E-state index contributed by atoms with van der Waals surface area (Å²) in [5.74, 6) is 0.530. The SMILES string of the molecule is CCc1nn(CC)c(CC(O)CC(C)CC(C)(C)C)c1Br. The number of hydrogen-bond donors (Lipinski definition) is 1. The maximum absolute atomic E-state index is 10.4. The number of hydrogen-bond acceptors (Lipinski definition) is 2. The smallest absolute Gasteiger partial charge is 0.0766 e. The van der Waals surface area contributed by atoms with Crippen molar-refractivity contribution in [3.8, 4) is 0 Å². The number of aliphatic hydroxyl groups is 1. The molecule has 0 saturated heterocycles. The highest BCUT2D eigenvalue weighted by atomic mass is 79.9. The van der Waals surface area contributed by atoms with Crippen LogP contribution >= 0.6 is 15.9 Å². The number of halogens is 1. The van der Waals surface area contributed by atoms with Gasteiger partial charge in [-0.15, -0.1) is 0 Å². The van der Waals surface area contributed by atoms with Crippen LogP contribution in [0.5, 0.6) is 0 Å². The van der Waals surface area contributed by atoms with Crippen LogP contribution in [-0.2, 0) is 19.4 Å². The van der Waals surface area contributed by atoms with Crippen LogP contribution < -0.4 is 0 Å². The highest BCUT2D eigenvalue weighted by Gasteiger charge is 2.21. The normalized spacial score (nSPS) is 15.2. The molecule has 1 aromatic rings. The molecule has 0 amide bonds. The molecule has 0 aliphatic rings. The summed E-state index contributed by atoms with van der Waals surface area (Å²) >= 11 is 3.65. The van der Waals surface area contributed by atoms with Crippen LogP contribution in [0.4, 0.5) is 0 Å². The van der Waals surface area contributed by atoms with Crippen molar-refractivity contribution in [1.82, 2.24) is 9.78 Å². The molecule has 0 radical (unpaired) electrons. The van der Waals surface area contributed by atoms with E-state index in [0.29, 0.717) is 17.8 Å². The molecule has 0 fully saturated rings. The van der Waals surface area contributed by atoms with Gasteiger partial charge in [0, 0.05) is 13.0 Å². The average molecular weight is 359 g/mol. The van der Waals surface area contributed by atoms with Crippen LogP contribution in [0.15, 0.2) is 4.47 Å². The summed E-state index contributed by atoms with van der Waals surface area (Å²) in [5.41, 5.74) is 2.53. The maximum atomic E-state index is 10.4. The van der Waals surface area contributed by atoms with Crippen molar-refractivity contribution < 1.29 is 5.11 Å². The van der Waals surface area contributed by atoms with E-state index in [4.69, 9.17) is 0 Å². The van der Waals surface area contributed by atoms with Crippen molar-refractivity contribution in [3.05, 3.63) is 15.9 Å². The minimum atomic E-state index is -0.301. The molecule has 0 aliphatic carbocycles. The van der Waals surface area contributed by atoms with Gasteiger partial charge in [0.25, 0.3) is 0 Å². The molecule has 1 heterocycles. The van der Waals surface area contributed by atoms with E-state index in [-0.39, 0.29) is 6.10 Å². The van der Waals surface area contributed by atoms with E-state index in [1.54, 1.807) is 0 Å². The van der Waals surface area contributed by atoms with Gasteiger partial charge in [-0.3, -0.25) is 4.68 Å². The topological polar surface area (TPSA) is 38.0 Å². The first-order chi connectivity index (χ1) is 9.67. The van der Waals surface area contributed by atoms with Crippen LogP contribution in [0.25, 0.3) is 0 Å². The predicted molar refractivity (Wildman–Crippen MR) is 92.5 cm³/mol. The second kappa shape index (κ2) is 7.77. The van der Waals surface area contributed by atoms with E-state index in [2.05, 4.69) is 62.6 Å². The number of aromatic nitrogens is 2. The molecule has 1 aromatic heterocycles. The minimum absolute atomic E-state index is 0.301. The third-order valence-corrected chi connectivity index (χ3v) is 4.67. The fourth-order valence-electron chi connectivity index (χ4n) is 3.11. The molecule has 21 heavy (non-hydrogen) atoms. The maximum Gasteiger partial charge on any atom is 0.0766 e. The summed E-state index contributed by atoms with van der Waals surface area (Å²) in [4.78, 5) is 0. The Labute approximate surface area is 138 Å². The van der Waals surface area contributed by atoms with Crippen molar-refractivity contribution in [2.45, 2.75) is 79.9 Å². The Morgan fingerprint density at radius 2 is 1.90 bits per heavy atom. The van der Waals surface area contributed by atoms with Crippen LogP contribution in [0.3, 0.4) is 0 Å². The zero-order chi connectivity index (χ0) is 16.2. The summed E-state index contributed by atoms with van der Waals surface area (Å²) in [6.07, 6.45) is 3.27. The van der Waals surface area contributed by atoms with Crippen LogP contribution in [-0.4, -0.2) is 21.0 Å². The first-order valence-corrected chi connectivity index (χ1v) is 8.89. The zero-order valence-electron chi connectivity index (χ0n) is 14.4. The zero-order valence-corrected chi connectivity index (χ0v) is 16.0. The van der Waals surface area contributed by atoms with E-state index < -0.39 is 0 Å². The molecule has 0 bridgehead atoms. The Hall–Kier alpha value is -0.350. The summed E-state index contributed by atoms with van der Waals surface area (Å²) in [5, 5.41) is 15.0. The highest BCUT2D eigenvalue weighted by molar-refractivity contribution is 9.10. The molecule has 0 aromatic carbocycles. The molecular formula is C17H31BrN2O. The standard InChI is InChI=1S/C17H31BrN2O/c1-7-14-16(18)15(20(8-2)19-14)10-13(21)9-12(3)11-17(4,5)6/h12-13,21H,7-11H2,1-6H3. The lowest BCUT2D eigenvalue weighted by Crippen LogP contribution is -2.20. The fourth-order valence-corrected chi connectivity index (χ4v) is 3.84. The lowest BCUT2D eigenvalue weighted by Gasteiger charge is -2.25. The molecule has 122 valence electrons. The molecule has 1 rings (SSSR count). The van der Waals surface area contributed by atoms with Gasteiger partial charge in [0.15, 0.2) is 0 Å². The number of aliphatic hydroxyl groups excluding tert-OH is 1. The monoisotopic (exact) mass is 358 g/mol. The van der Waals surface area contributed by atoms with Crippen LogP contribution in [0.1, 0.15) is 65.8 Å². The Balaban J connectivity index is 2.70. The Kier molecular flexibility index (Phi) is 6.92. The minimum Gasteiger partial charge on any atom is -0.393 e. The Morgan fingerprint density at radius 3 is 2.38 bits per heavy atom. The van der Waals surface area contributed by atoms with E-state index >= 15 is 0 Å². The van der Waals surface area contributed by atoms with Gasteiger partial charge in [0.1, 0.15) is 0 Å². The van der Waals surface area contributed by atoms with Gasteiger partial charge in [-0.25, -0.2) is 0 Å². The third kappa shape index (κ3) is 5.74. The van der Waals surface area contributed by atoms with E-state index in [0.717, 1.165) is 41.7 Å². The van der Waals surface area contributed by atoms with Crippen LogP contribution in [0, 0.1) is 11.3 Å². The summed E-state index contributed by atoms with van der Waals surface area (Å²) in [7, 11) is 0. The lowest BCUT2D eigenvalue weighted by molar-refractivity contribution is 0.130. The van der Waals surface area contributed by atoms with Crippen molar-refractivity contribution in [3.63, 3.8) is 0 Å². The van der Waals surface area contributed by atoms with Crippen molar-refractivity contribution >= 4 is 15.9 Å². The molecule has 1 N–H and O–H groups in total. The van der Waals surface area contributed by atoms with E-state index in [1.807, 2.05) is 4.68 Å². The van der Waals surface area contributed by atoms with Crippen LogP contribution in [0.2, 0.25) is 0 Å². The second-order valence-electron chi connectivity index (χ2n) is 7.34. The van der Waals surface area contributed by atoms with Gasteiger partial charge in [-0.2, -0.15) is 5.10 Å². The number of aryl methyl sites for hydroxylation is 2. The largest absolute Gasteiger partial charge is 0.393 e. The molecule has 0 saturated carbocycles. The van der Waals surface area contributed by atoms with E-state index in [1.165, 1.54) is 0 Å². The molecule has 0 aliphatic heterocycles. The molecule has 3 nitrogen and oxygen atoms in total. The van der Waals surface area contributed by atoms with Gasteiger partial charge < -0.3 is 5.11 Å². The summed E-state index contributed by atoms with van der Waals surface area (Å²) in [6.45, 7) is 14.1. The van der Waals surface area contributed by atoms with Crippen molar-refractivity contribution in [2.24, 2.45) is 11.3 Å². The molecule has 2 unspecified atom stereocenters. The second-order valence-corrected chi connectivity index (χ2v) is 8.13. The van der Waals surface area contributed by atoms with Gasteiger partial charge in [-0.05, 0) is 53.4 Å². The predicted octanol–water partition coefficient (Wildman–Crippen LogP) is 4.59. The molecular weight excluding hydrogens is 328 g/mol. The van der Waals surface area contributed by atoms with Gasteiger partial charge >= 0.3 is 0 Å². The fraction of sp³-hybridized carbons (Fsp3) is 0.824. The van der Waals surface area contributed by atoms with Crippen molar-refractivity contribution in [2.75, 3.05) is 0 Å². The summed E-state index contributed by atoms with van der Waals surface area (Å²) < 4.78 is 3.09. The van der Waals surface area contributed by atoms with Gasteiger partial charge in [0.2, 0.25) is 0 Å². The lowest BCUT2D eigenvalue weighted by atomic mass is 9.83. The Bertz CT molecular complexity index is 448. The molecule has 4 heteroatoms. The third-order valence-electron chi connectivity index (χ3n) is 3.76.